The molecule has 0 aliphatic rings. The Labute approximate surface area is 243 Å². The summed E-state index contributed by atoms with van der Waals surface area (Å²) in [6.45, 7) is 0. The third-order valence-electron chi connectivity index (χ3n) is 0. The standard InChI is InChI=1S/3K.3Na.P.3H/q3*+1;;;;-3;;;. The average molecular weight is 220 g/mol. The molecule has 0 amide bonds. The largest absolute Gasteiger partial charge is 3.00 e. The van der Waals surface area contributed by atoms with Gasteiger partial charge in [0.25, 0.3) is 0 Å². The Bertz CT molecular complexity index is 10.1. The SMILES string of the molecule is [K+].[K+].[K+].[NaH].[NaH].[NaH].[P-3]. The fourth-order valence-electron chi connectivity index (χ4n) is 0. The second kappa shape index (κ2) is 36.7. The Morgan fingerprint density at radius 2 is 0.429 bits per heavy atom. The van der Waals surface area contributed by atoms with Gasteiger partial charge in [-0.25, -0.2) is 0 Å². The van der Waals surface area contributed by atoms with Crippen LogP contribution in [0.5, 0.6) is 0 Å². The fraction of sp³-hybridized carbons (Fsp3) is 0. The van der Waals surface area contributed by atoms with Gasteiger partial charge in [-0.05, 0) is 0 Å². The molecule has 7 heteroatoms. The predicted molar refractivity (Wildman–Crippen MR) is 28.4 cm³/mol. The molecule has 0 fully saturated rings. The molecule has 0 unspecified atom stereocenters. The molecule has 0 atom stereocenters. The van der Waals surface area contributed by atoms with Crippen LogP contribution in [0.4, 0.5) is 0 Å². The zero-order valence-electron chi connectivity index (χ0n) is 3.45. The molecule has 7 heavy (non-hydrogen) atoms. The molecule has 14 valence electrons. The Morgan fingerprint density at radius 3 is 0.429 bits per heavy atom. The maximum Gasteiger partial charge on any atom is -3.00 e. The maximum atomic E-state index is 0. The summed E-state index contributed by atoms with van der Waals surface area (Å²) in [5, 5.41) is 0. The van der Waals surface area contributed by atoms with Crippen LogP contribution in [0.15, 0.2) is 0 Å². The zero-order chi connectivity index (χ0) is 0. The summed E-state index contributed by atoms with van der Waals surface area (Å²) in [7, 11) is 0. The third-order valence-corrected chi connectivity index (χ3v) is 0. The van der Waals surface area contributed by atoms with Crippen molar-refractivity contribution in [3.05, 3.63) is 0 Å². The predicted octanol–water partition coefficient (Wildman–Crippen LogP) is -10.1. The van der Waals surface area contributed by atoms with E-state index in [1.165, 1.54) is 0 Å². The monoisotopic (exact) mass is 220 g/mol. The van der Waals surface area contributed by atoms with Crippen molar-refractivity contribution < 1.29 is 154 Å². The smallest absolute Gasteiger partial charge is 3.00 e. The fourth-order valence-corrected chi connectivity index (χ4v) is 0. The average Bonchev–Trinajstić information content (AvgIpc) is 0. The molecular weight excluding hydrogens is 217 g/mol. The van der Waals surface area contributed by atoms with E-state index in [0.29, 0.717) is 0 Å². The van der Waals surface area contributed by atoms with Crippen LogP contribution in [0.1, 0.15) is 0 Å². The van der Waals surface area contributed by atoms with Gasteiger partial charge in [0, 0.05) is 0 Å². The van der Waals surface area contributed by atoms with Crippen molar-refractivity contribution in [2.75, 3.05) is 0 Å². The molecule has 0 aliphatic heterocycles. The Hall–Kier alpha value is 8.34. The second-order valence-electron chi connectivity index (χ2n) is 0. The first-order valence-electron chi connectivity index (χ1n) is 0. The van der Waals surface area contributed by atoms with E-state index in [2.05, 4.69) is 0 Å². The Kier molecular flexibility index (Phi) is 238. The van der Waals surface area contributed by atoms with Crippen LogP contribution < -0.4 is 154 Å². The van der Waals surface area contributed by atoms with Crippen LogP contribution in [0.25, 0.3) is 0 Å². The Morgan fingerprint density at radius 1 is 0.429 bits per heavy atom. The molecular formula is H3K3Na3P. The van der Waals surface area contributed by atoms with Crippen LogP contribution in [-0.2, 0) is 0 Å². The van der Waals surface area contributed by atoms with Crippen molar-refractivity contribution >= 4 is 98.6 Å². The van der Waals surface area contributed by atoms with E-state index in [-0.39, 0.29) is 253 Å². The minimum Gasteiger partial charge on any atom is -3.00 e. The van der Waals surface area contributed by atoms with Gasteiger partial charge < -0.3 is 9.90 Å². The summed E-state index contributed by atoms with van der Waals surface area (Å²) >= 11 is 0. The third kappa shape index (κ3) is 31.4. The number of rotatable bonds is 0. The van der Waals surface area contributed by atoms with Gasteiger partial charge in [0.1, 0.15) is 0 Å². The molecule has 0 radical (unpaired) electrons. The van der Waals surface area contributed by atoms with Crippen LogP contribution in [-0.4, -0.2) is 88.7 Å². The van der Waals surface area contributed by atoms with Gasteiger partial charge in [-0.1, -0.05) is 0 Å². The van der Waals surface area contributed by atoms with E-state index in [1.54, 1.807) is 0 Å². The van der Waals surface area contributed by atoms with Crippen LogP contribution in [0.3, 0.4) is 0 Å². The summed E-state index contributed by atoms with van der Waals surface area (Å²) in [5.74, 6) is 0. The van der Waals surface area contributed by atoms with Gasteiger partial charge in [-0.15, -0.1) is 0 Å². The Balaban J connectivity index is 0. The quantitative estimate of drug-likeness (QED) is 0.281. The molecule has 0 heterocycles. The first-order valence-corrected chi connectivity index (χ1v) is 0. The van der Waals surface area contributed by atoms with E-state index in [0.717, 1.165) is 0 Å². The summed E-state index contributed by atoms with van der Waals surface area (Å²) in [4.78, 5) is 0. The second-order valence-corrected chi connectivity index (χ2v) is 0. The van der Waals surface area contributed by atoms with E-state index >= 15 is 0 Å². The summed E-state index contributed by atoms with van der Waals surface area (Å²) in [5.41, 5.74) is 0. The number of hydrogen-bond acceptors (Lipinski definition) is 0. The van der Waals surface area contributed by atoms with Gasteiger partial charge in [0.2, 0.25) is 0 Å². The van der Waals surface area contributed by atoms with Crippen molar-refractivity contribution in [3.63, 3.8) is 0 Å². The summed E-state index contributed by atoms with van der Waals surface area (Å²) < 4.78 is 0. The van der Waals surface area contributed by atoms with Gasteiger partial charge in [-0.3, -0.25) is 0 Å². The van der Waals surface area contributed by atoms with Crippen molar-refractivity contribution in [2.24, 2.45) is 0 Å². The molecule has 0 rings (SSSR count). The maximum absolute atomic E-state index is 0. The van der Waals surface area contributed by atoms with Crippen molar-refractivity contribution in [3.8, 4) is 0 Å². The van der Waals surface area contributed by atoms with Gasteiger partial charge in [-0.2, -0.15) is 0 Å². The normalized spacial score (nSPS) is 0. The minimum atomic E-state index is 0. The molecule has 0 saturated heterocycles. The molecule has 0 aromatic rings. The first kappa shape index (κ1) is 45.4. The summed E-state index contributed by atoms with van der Waals surface area (Å²) in [6.07, 6.45) is 0. The van der Waals surface area contributed by atoms with Crippen LogP contribution in [0.2, 0.25) is 0 Å². The molecule has 0 N–H and O–H groups in total. The zero-order valence-corrected chi connectivity index (χ0v) is 13.7. The molecule has 0 bridgehead atoms. The van der Waals surface area contributed by atoms with Crippen molar-refractivity contribution in [1.82, 2.24) is 0 Å². The summed E-state index contributed by atoms with van der Waals surface area (Å²) in [6, 6.07) is 0. The van der Waals surface area contributed by atoms with E-state index in [1.807, 2.05) is 0 Å². The molecule has 0 spiro atoms. The first-order chi connectivity index (χ1) is 0. The van der Waals surface area contributed by atoms with Gasteiger partial charge >= 0.3 is 243 Å². The van der Waals surface area contributed by atoms with Gasteiger partial charge in [0.05, 0.1) is 0 Å². The number of hydrogen-bond donors (Lipinski definition) is 0. The van der Waals surface area contributed by atoms with E-state index in [9.17, 15) is 0 Å². The molecule has 0 aliphatic carbocycles. The topological polar surface area (TPSA) is 0 Å². The molecule has 0 aromatic carbocycles. The van der Waals surface area contributed by atoms with Crippen LogP contribution in [0, 0.1) is 0 Å². The van der Waals surface area contributed by atoms with Crippen molar-refractivity contribution in [2.45, 2.75) is 0 Å². The van der Waals surface area contributed by atoms with E-state index in [4.69, 9.17) is 0 Å². The van der Waals surface area contributed by atoms with E-state index < -0.39 is 0 Å². The molecule has 0 saturated carbocycles. The van der Waals surface area contributed by atoms with Crippen LogP contribution >= 0.6 is 9.90 Å². The van der Waals surface area contributed by atoms with Crippen molar-refractivity contribution in [1.29, 1.82) is 0 Å². The molecule has 0 aromatic heterocycles. The molecule has 0 nitrogen and oxygen atoms in total. The minimum absolute atomic E-state index is 0. The van der Waals surface area contributed by atoms with Gasteiger partial charge in [0.15, 0.2) is 0 Å².